The van der Waals surface area contributed by atoms with Crippen LogP contribution in [0, 0.1) is 0 Å². The number of carbonyl (C=O) groups excluding carboxylic acids is 1. The van der Waals surface area contributed by atoms with Crippen LogP contribution in [0.1, 0.15) is 15.3 Å². The van der Waals surface area contributed by atoms with Crippen LogP contribution >= 0.6 is 22.7 Å². The van der Waals surface area contributed by atoms with Gasteiger partial charge in [-0.3, -0.25) is 4.79 Å². The number of rotatable bonds is 4. The standard InChI is InChI=1S/C17H14N2O3S3/c1-25(21,22)15-7-6-11(23-15)9-14(20)18-17-19-16-12-5-3-2-4-10(12)8-13(16)24-17/h2-7H,8-9H2,1H3,(H,18,19,20). The normalized spacial score (nSPS) is 12.7. The van der Waals surface area contributed by atoms with E-state index in [1.807, 2.05) is 18.2 Å². The Labute approximate surface area is 153 Å². The summed E-state index contributed by atoms with van der Waals surface area (Å²) in [6.07, 6.45) is 2.15. The van der Waals surface area contributed by atoms with Gasteiger partial charge >= 0.3 is 0 Å². The van der Waals surface area contributed by atoms with Crippen LogP contribution in [0.3, 0.4) is 0 Å². The number of benzene rings is 1. The minimum Gasteiger partial charge on any atom is -0.302 e. The summed E-state index contributed by atoms with van der Waals surface area (Å²) in [6.45, 7) is 0. The molecule has 0 radical (unpaired) electrons. The lowest BCUT2D eigenvalue weighted by Gasteiger charge is -2.01. The monoisotopic (exact) mass is 390 g/mol. The van der Waals surface area contributed by atoms with Crippen molar-refractivity contribution in [1.29, 1.82) is 0 Å². The quantitative estimate of drug-likeness (QED) is 0.580. The van der Waals surface area contributed by atoms with E-state index < -0.39 is 9.84 Å². The molecule has 1 aromatic carbocycles. The highest BCUT2D eigenvalue weighted by molar-refractivity contribution is 7.92. The highest BCUT2D eigenvalue weighted by Gasteiger charge is 2.23. The minimum absolute atomic E-state index is 0.140. The second-order valence-corrected chi connectivity index (χ2v) is 10.3. The third-order valence-corrected chi connectivity index (χ3v) is 7.78. The number of nitrogens with zero attached hydrogens (tertiary/aromatic N) is 1. The summed E-state index contributed by atoms with van der Waals surface area (Å²) in [7, 11) is -3.23. The van der Waals surface area contributed by atoms with Crippen LogP contribution in [0.15, 0.2) is 40.6 Å². The average molecular weight is 391 g/mol. The molecule has 8 heteroatoms. The Morgan fingerprint density at radius 3 is 2.76 bits per heavy atom. The summed E-state index contributed by atoms with van der Waals surface area (Å²) >= 11 is 2.62. The van der Waals surface area contributed by atoms with Gasteiger partial charge in [-0.1, -0.05) is 24.3 Å². The molecule has 1 aliphatic carbocycles. The van der Waals surface area contributed by atoms with Crippen molar-refractivity contribution in [2.45, 2.75) is 17.1 Å². The van der Waals surface area contributed by atoms with Crippen molar-refractivity contribution in [3.63, 3.8) is 0 Å². The summed E-state index contributed by atoms with van der Waals surface area (Å²) in [5, 5.41) is 3.41. The van der Waals surface area contributed by atoms with Crippen molar-refractivity contribution in [3.05, 3.63) is 51.7 Å². The minimum atomic E-state index is -3.23. The number of aromatic nitrogens is 1. The summed E-state index contributed by atoms with van der Waals surface area (Å²) in [5.41, 5.74) is 3.35. The van der Waals surface area contributed by atoms with Crippen molar-refractivity contribution in [3.8, 4) is 11.3 Å². The molecule has 1 N–H and O–H groups in total. The van der Waals surface area contributed by atoms with Crippen LogP contribution in [-0.4, -0.2) is 25.6 Å². The third-order valence-electron chi connectivity index (χ3n) is 3.90. The molecule has 1 amide bonds. The molecule has 0 saturated carbocycles. The molecule has 0 fully saturated rings. The fourth-order valence-electron chi connectivity index (χ4n) is 2.79. The summed E-state index contributed by atoms with van der Waals surface area (Å²) in [6, 6.07) is 11.4. The van der Waals surface area contributed by atoms with Crippen LogP contribution in [0.5, 0.6) is 0 Å². The van der Waals surface area contributed by atoms with E-state index in [0.29, 0.717) is 10.0 Å². The maximum atomic E-state index is 12.2. The Kier molecular flexibility index (Phi) is 3.98. The van der Waals surface area contributed by atoms with Gasteiger partial charge in [-0.15, -0.1) is 22.7 Å². The molecule has 0 saturated heterocycles. The van der Waals surface area contributed by atoms with Gasteiger partial charge in [-0.05, 0) is 17.7 Å². The number of hydrogen-bond acceptors (Lipinski definition) is 6. The number of nitrogens with one attached hydrogen (secondary N) is 1. The molecular formula is C17H14N2O3S3. The van der Waals surface area contributed by atoms with Gasteiger partial charge in [0.15, 0.2) is 15.0 Å². The lowest BCUT2D eigenvalue weighted by atomic mass is 10.1. The summed E-state index contributed by atoms with van der Waals surface area (Å²) in [5.74, 6) is -0.192. The van der Waals surface area contributed by atoms with Crippen molar-refractivity contribution < 1.29 is 13.2 Å². The van der Waals surface area contributed by atoms with Gasteiger partial charge in [-0.25, -0.2) is 13.4 Å². The second kappa shape index (κ2) is 6.05. The van der Waals surface area contributed by atoms with Gasteiger partial charge in [0, 0.05) is 28.0 Å². The Balaban J connectivity index is 1.47. The molecule has 0 unspecified atom stereocenters. The van der Waals surface area contributed by atoms with E-state index in [1.165, 1.54) is 23.0 Å². The van der Waals surface area contributed by atoms with Crippen LogP contribution < -0.4 is 5.32 Å². The molecule has 2 heterocycles. The maximum Gasteiger partial charge on any atom is 0.231 e. The van der Waals surface area contributed by atoms with Gasteiger partial charge in [0.25, 0.3) is 0 Å². The third kappa shape index (κ3) is 3.24. The van der Waals surface area contributed by atoms with E-state index in [4.69, 9.17) is 0 Å². The van der Waals surface area contributed by atoms with Crippen molar-refractivity contribution >= 4 is 43.5 Å². The van der Waals surface area contributed by atoms with Crippen LogP contribution in [-0.2, 0) is 27.5 Å². The highest BCUT2D eigenvalue weighted by Crippen LogP contribution is 2.40. The van der Waals surface area contributed by atoms with E-state index in [2.05, 4.69) is 16.4 Å². The first-order valence-corrected chi connectivity index (χ1v) is 11.1. The molecule has 128 valence electrons. The van der Waals surface area contributed by atoms with Crippen molar-refractivity contribution in [1.82, 2.24) is 4.98 Å². The fraction of sp³-hybridized carbons (Fsp3) is 0.176. The summed E-state index contributed by atoms with van der Waals surface area (Å²) < 4.78 is 23.3. The first kappa shape index (κ1) is 16.4. The Morgan fingerprint density at radius 2 is 2.00 bits per heavy atom. The lowest BCUT2D eigenvalue weighted by molar-refractivity contribution is -0.115. The number of sulfone groups is 1. The van der Waals surface area contributed by atoms with E-state index in [-0.39, 0.29) is 16.5 Å². The van der Waals surface area contributed by atoms with E-state index in [9.17, 15) is 13.2 Å². The highest BCUT2D eigenvalue weighted by atomic mass is 32.2. The average Bonchev–Trinajstić information content (AvgIpc) is 3.20. The Morgan fingerprint density at radius 1 is 1.20 bits per heavy atom. The van der Waals surface area contributed by atoms with E-state index in [0.717, 1.165) is 40.1 Å². The van der Waals surface area contributed by atoms with E-state index >= 15 is 0 Å². The molecule has 1 aliphatic rings. The first-order valence-electron chi connectivity index (χ1n) is 7.57. The Hall–Kier alpha value is -2.03. The number of thiophene rings is 1. The molecule has 2 aromatic heterocycles. The number of hydrogen-bond donors (Lipinski definition) is 1. The summed E-state index contributed by atoms with van der Waals surface area (Å²) in [4.78, 5) is 18.7. The van der Waals surface area contributed by atoms with Gasteiger partial charge in [0.05, 0.1) is 12.1 Å². The smallest absolute Gasteiger partial charge is 0.231 e. The zero-order valence-corrected chi connectivity index (χ0v) is 15.7. The predicted octanol–water partition coefficient (Wildman–Crippen LogP) is 3.36. The molecule has 0 atom stereocenters. The fourth-order valence-corrected chi connectivity index (χ4v) is 5.78. The molecule has 3 aromatic rings. The molecule has 5 nitrogen and oxygen atoms in total. The number of amides is 1. The molecule has 0 aliphatic heterocycles. The van der Waals surface area contributed by atoms with Crippen LogP contribution in [0.25, 0.3) is 11.3 Å². The van der Waals surface area contributed by atoms with Crippen molar-refractivity contribution in [2.24, 2.45) is 0 Å². The van der Waals surface area contributed by atoms with Gasteiger partial charge in [-0.2, -0.15) is 0 Å². The van der Waals surface area contributed by atoms with E-state index in [1.54, 1.807) is 6.07 Å². The largest absolute Gasteiger partial charge is 0.302 e. The predicted molar refractivity (Wildman–Crippen MR) is 100 cm³/mol. The van der Waals surface area contributed by atoms with Gasteiger partial charge < -0.3 is 5.32 Å². The number of anilines is 1. The lowest BCUT2D eigenvalue weighted by Crippen LogP contribution is -2.13. The second-order valence-electron chi connectivity index (χ2n) is 5.84. The van der Waals surface area contributed by atoms with Crippen LogP contribution in [0.2, 0.25) is 0 Å². The number of fused-ring (bicyclic) bond motifs is 3. The van der Waals surface area contributed by atoms with Crippen molar-refractivity contribution in [2.75, 3.05) is 11.6 Å². The number of thiazole rings is 1. The molecule has 4 rings (SSSR count). The van der Waals surface area contributed by atoms with Gasteiger partial charge in [0.2, 0.25) is 5.91 Å². The maximum absolute atomic E-state index is 12.2. The zero-order valence-electron chi connectivity index (χ0n) is 13.3. The van der Waals surface area contributed by atoms with Crippen LogP contribution in [0.4, 0.5) is 5.13 Å². The SMILES string of the molecule is CS(=O)(=O)c1ccc(CC(=O)Nc2nc3c(s2)Cc2ccccc2-3)s1. The topological polar surface area (TPSA) is 76.1 Å². The molecule has 25 heavy (non-hydrogen) atoms. The van der Waals surface area contributed by atoms with Gasteiger partial charge in [0.1, 0.15) is 4.21 Å². The first-order chi connectivity index (χ1) is 11.9. The molecular weight excluding hydrogens is 376 g/mol. The number of carbonyl (C=O) groups is 1. The molecule has 0 bridgehead atoms. The zero-order chi connectivity index (χ0) is 17.6. The Bertz CT molecular complexity index is 1080. The molecule has 0 spiro atoms.